The maximum absolute atomic E-state index is 12.6. The van der Waals surface area contributed by atoms with Crippen molar-refractivity contribution in [2.75, 3.05) is 20.3 Å². The lowest BCUT2D eigenvalue weighted by atomic mass is 10.0. The number of hydrogen-bond acceptors (Lipinski definition) is 2. The van der Waals surface area contributed by atoms with Crippen LogP contribution in [0.25, 0.3) is 0 Å². The molecule has 0 radical (unpaired) electrons. The lowest BCUT2D eigenvalue weighted by Gasteiger charge is -2.31. The number of halogens is 1. The molecule has 2 atom stereocenters. The summed E-state index contributed by atoms with van der Waals surface area (Å²) in [5.74, 6) is 0.541. The molecule has 3 nitrogen and oxygen atoms in total. The van der Waals surface area contributed by atoms with Gasteiger partial charge in [-0.15, -0.1) is 0 Å². The summed E-state index contributed by atoms with van der Waals surface area (Å²) in [6.07, 6.45) is 1.12. The lowest BCUT2D eigenvalue weighted by Crippen LogP contribution is -2.35. The number of para-hydroxylation sites is 1. The van der Waals surface area contributed by atoms with Gasteiger partial charge in [0.25, 0.3) is 0 Å². The highest BCUT2D eigenvalue weighted by Gasteiger charge is 2.24. The highest BCUT2D eigenvalue weighted by atomic mass is 19.1. The first-order valence-corrected chi connectivity index (χ1v) is 7.53. The molecule has 1 aromatic rings. The Labute approximate surface area is 127 Å². The average Bonchev–Trinajstić information content (AvgIpc) is 2.51. The van der Waals surface area contributed by atoms with Gasteiger partial charge in [-0.1, -0.05) is 32.0 Å². The van der Waals surface area contributed by atoms with Crippen molar-refractivity contribution in [3.05, 3.63) is 29.8 Å². The van der Waals surface area contributed by atoms with Crippen LogP contribution in [-0.2, 0) is 4.79 Å². The van der Waals surface area contributed by atoms with Crippen LogP contribution in [0.15, 0.2) is 24.3 Å². The molecule has 0 aliphatic rings. The van der Waals surface area contributed by atoms with E-state index in [2.05, 4.69) is 0 Å². The second-order valence-corrected chi connectivity index (χ2v) is 5.47. The monoisotopic (exact) mass is 295 g/mol. The van der Waals surface area contributed by atoms with Crippen LogP contribution in [-0.4, -0.2) is 31.1 Å². The maximum atomic E-state index is 12.6. The molecule has 0 heterocycles. The molecule has 0 aromatic heterocycles. The Bertz CT molecular complexity index is 450. The Morgan fingerprint density at radius 2 is 2.00 bits per heavy atom. The SMILES string of the molecule is CCCN(C(=O)CC(C)CF)C(C)c1ccccc1OC. The van der Waals surface area contributed by atoms with Crippen molar-refractivity contribution >= 4 is 5.91 Å². The molecule has 0 N–H and O–H groups in total. The second kappa shape index (κ2) is 8.65. The van der Waals surface area contributed by atoms with E-state index in [0.717, 1.165) is 17.7 Å². The number of alkyl halides is 1. The van der Waals surface area contributed by atoms with Crippen molar-refractivity contribution in [3.63, 3.8) is 0 Å². The van der Waals surface area contributed by atoms with E-state index in [1.54, 1.807) is 14.0 Å². The van der Waals surface area contributed by atoms with E-state index in [1.165, 1.54) is 0 Å². The minimum Gasteiger partial charge on any atom is -0.496 e. The Balaban J connectivity index is 2.95. The normalized spacial score (nSPS) is 13.6. The van der Waals surface area contributed by atoms with Gasteiger partial charge in [-0.2, -0.15) is 0 Å². The summed E-state index contributed by atoms with van der Waals surface area (Å²) in [6.45, 7) is 5.99. The molecular formula is C17H26FNO2. The van der Waals surface area contributed by atoms with Crippen molar-refractivity contribution in [2.24, 2.45) is 5.92 Å². The first-order valence-electron chi connectivity index (χ1n) is 7.53. The summed E-state index contributed by atoms with van der Waals surface area (Å²) in [6, 6.07) is 7.63. The molecule has 21 heavy (non-hydrogen) atoms. The number of carbonyl (C=O) groups excluding carboxylic acids is 1. The third-order valence-electron chi connectivity index (χ3n) is 3.63. The van der Waals surface area contributed by atoms with Gasteiger partial charge in [-0.25, -0.2) is 0 Å². The fraction of sp³-hybridized carbons (Fsp3) is 0.588. The summed E-state index contributed by atoms with van der Waals surface area (Å²) >= 11 is 0. The van der Waals surface area contributed by atoms with Crippen molar-refractivity contribution in [3.8, 4) is 5.75 Å². The van der Waals surface area contributed by atoms with E-state index >= 15 is 0 Å². The lowest BCUT2D eigenvalue weighted by molar-refractivity contribution is -0.134. The quantitative estimate of drug-likeness (QED) is 0.725. The largest absolute Gasteiger partial charge is 0.496 e. The summed E-state index contributed by atoms with van der Waals surface area (Å²) in [7, 11) is 1.63. The minimum absolute atomic E-state index is 0.000376. The number of amides is 1. The molecule has 1 amide bonds. The summed E-state index contributed by atoms with van der Waals surface area (Å²) in [5, 5.41) is 0. The zero-order chi connectivity index (χ0) is 15.8. The third-order valence-corrected chi connectivity index (χ3v) is 3.63. The number of methoxy groups -OCH3 is 1. The van der Waals surface area contributed by atoms with Crippen LogP contribution in [0.1, 0.15) is 45.2 Å². The molecule has 0 spiro atoms. The fourth-order valence-electron chi connectivity index (χ4n) is 2.42. The van der Waals surface area contributed by atoms with Crippen molar-refractivity contribution in [2.45, 2.75) is 39.7 Å². The van der Waals surface area contributed by atoms with Gasteiger partial charge in [0.2, 0.25) is 5.91 Å². The molecule has 2 unspecified atom stereocenters. The first-order chi connectivity index (χ1) is 10.0. The Morgan fingerprint density at radius 3 is 2.57 bits per heavy atom. The van der Waals surface area contributed by atoms with E-state index in [-0.39, 0.29) is 24.3 Å². The topological polar surface area (TPSA) is 29.5 Å². The number of nitrogens with zero attached hydrogens (tertiary/aromatic N) is 1. The first kappa shape index (κ1) is 17.5. The van der Waals surface area contributed by atoms with Crippen LogP contribution in [0.2, 0.25) is 0 Å². The number of benzene rings is 1. The van der Waals surface area contributed by atoms with Gasteiger partial charge in [0.05, 0.1) is 19.8 Å². The molecular weight excluding hydrogens is 269 g/mol. The molecule has 4 heteroatoms. The smallest absolute Gasteiger partial charge is 0.223 e. The van der Waals surface area contributed by atoms with Gasteiger partial charge < -0.3 is 9.64 Å². The highest BCUT2D eigenvalue weighted by Crippen LogP contribution is 2.29. The van der Waals surface area contributed by atoms with Crippen molar-refractivity contribution in [1.82, 2.24) is 4.90 Å². The molecule has 0 bridgehead atoms. The number of hydrogen-bond donors (Lipinski definition) is 0. The van der Waals surface area contributed by atoms with Crippen LogP contribution in [0, 0.1) is 5.92 Å². The zero-order valence-electron chi connectivity index (χ0n) is 13.4. The molecule has 1 aromatic carbocycles. The van der Waals surface area contributed by atoms with Crippen LogP contribution in [0.3, 0.4) is 0 Å². The molecule has 1 rings (SSSR count). The van der Waals surface area contributed by atoms with E-state index in [4.69, 9.17) is 4.74 Å². The predicted molar refractivity (Wildman–Crippen MR) is 83.2 cm³/mol. The van der Waals surface area contributed by atoms with Gasteiger partial charge in [-0.05, 0) is 25.3 Å². The summed E-state index contributed by atoms with van der Waals surface area (Å²) < 4.78 is 18.0. The molecule has 0 saturated heterocycles. The van der Waals surface area contributed by atoms with Gasteiger partial charge >= 0.3 is 0 Å². The van der Waals surface area contributed by atoms with E-state index in [1.807, 2.05) is 43.0 Å². The van der Waals surface area contributed by atoms with Crippen LogP contribution in [0.5, 0.6) is 5.75 Å². The molecule has 0 fully saturated rings. The second-order valence-electron chi connectivity index (χ2n) is 5.47. The fourth-order valence-corrected chi connectivity index (χ4v) is 2.42. The highest BCUT2D eigenvalue weighted by molar-refractivity contribution is 5.77. The van der Waals surface area contributed by atoms with E-state index in [0.29, 0.717) is 6.54 Å². The number of ether oxygens (including phenoxy) is 1. The van der Waals surface area contributed by atoms with Crippen LogP contribution in [0.4, 0.5) is 4.39 Å². The predicted octanol–water partition coefficient (Wildman–Crippen LogP) is 3.99. The Kier molecular flexibility index (Phi) is 7.20. The summed E-state index contributed by atoms with van der Waals surface area (Å²) in [5.41, 5.74) is 0.981. The average molecular weight is 295 g/mol. The third kappa shape index (κ3) is 4.73. The van der Waals surface area contributed by atoms with E-state index in [9.17, 15) is 9.18 Å². The molecule has 0 saturated carbocycles. The van der Waals surface area contributed by atoms with Crippen molar-refractivity contribution in [1.29, 1.82) is 0 Å². The minimum atomic E-state index is -0.464. The standard InChI is InChI=1S/C17H26FNO2/c1-5-10-19(17(20)11-13(2)12-18)14(3)15-8-6-7-9-16(15)21-4/h6-9,13-14H,5,10-12H2,1-4H3. The maximum Gasteiger partial charge on any atom is 0.223 e. The Hall–Kier alpha value is -1.58. The van der Waals surface area contributed by atoms with Gasteiger partial charge in [0.15, 0.2) is 0 Å². The summed E-state index contributed by atoms with van der Waals surface area (Å²) in [4.78, 5) is 14.3. The Morgan fingerprint density at radius 1 is 1.33 bits per heavy atom. The van der Waals surface area contributed by atoms with Crippen LogP contribution < -0.4 is 4.74 Å². The van der Waals surface area contributed by atoms with Crippen LogP contribution >= 0.6 is 0 Å². The van der Waals surface area contributed by atoms with E-state index < -0.39 is 6.67 Å². The zero-order valence-corrected chi connectivity index (χ0v) is 13.4. The number of rotatable bonds is 8. The van der Waals surface area contributed by atoms with Gasteiger partial charge in [0.1, 0.15) is 5.75 Å². The molecule has 118 valence electrons. The molecule has 0 aliphatic heterocycles. The number of carbonyl (C=O) groups is 1. The van der Waals surface area contributed by atoms with Gasteiger partial charge in [-0.3, -0.25) is 9.18 Å². The van der Waals surface area contributed by atoms with Gasteiger partial charge in [0, 0.05) is 18.5 Å². The molecule has 0 aliphatic carbocycles. The van der Waals surface area contributed by atoms with Crippen molar-refractivity contribution < 1.29 is 13.9 Å².